The lowest BCUT2D eigenvalue weighted by Crippen LogP contribution is -2.00. The molecule has 0 fully saturated rings. The van der Waals surface area contributed by atoms with Crippen LogP contribution in [-0.2, 0) is 6.42 Å². The van der Waals surface area contributed by atoms with Crippen molar-refractivity contribution >= 4 is 17.6 Å². The maximum Gasteiger partial charge on any atom is 0.354 e. The van der Waals surface area contributed by atoms with E-state index < -0.39 is 5.97 Å². The molecule has 0 aliphatic heterocycles. The monoisotopic (exact) mass is 247 g/mol. The molecule has 86 valence electrons. The highest BCUT2D eigenvalue weighted by molar-refractivity contribution is 6.31. The number of carboxylic acid groups (broad SMARTS) is 1. The Morgan fingerprint density at radius 1 is 1.24 bits per heavy atom. The first-order valence-electron chi connectivity index (χ1n) is 5.08. The van der Waals surface area contributed by atoms with Crippen molar-refractivity contribution in [3.8, 4) is 0 Å². The fraction of sp³-hybridized carbons (Fsp3) is 0.0769. The second-order valence-corrected chi connectivity index (χ2v) is 4.03. The molecule has 0 aliphatic rings. The van der Waals surface area contributed by atoms with Crippen LogP contribution >= 0.6 is 11.6 Å². The fourth-order valence-corrected chi connectivity index (χ4v) is 1.72. The summed E-state index contributed by atoms with van der Waals surface area (Å²) in [5.41, 5.74) is 1.98. The average Bonchev–Trinajstić information content (AvgIpc) is 2.33. The Morgan fingerprint density at radius 2 is 2.00 bits per heavy atom. The summed E-state index contributed by atoms with van der Waals surface area (Å²) in [6.07, 6.45) is 2.21. The van der Waals surface area contributed by atoms with E-state index in [2.05, 4.69) is 4.98 Å². The van der Waals surface area contributed by atoms with Crippen LogP contribution in [-0.4, -0.2) is 16.1 Å². The maximum absolute atomic E-state index is 10.6. The third-order valence-electron chi connectivity index (χ3n) is 2.40. The van der Waals surface area contributed by atoms with Gasteiger partial charge in [0.05, 0.1) is 0 Å². The van der Waals surface area contributed by atoms with E-state index in [1.807, 2.05) is 24.3 Å². The number of aromatic nitrogens is 1. The number of benzene rings is 1. The third kappa shape index (κ3) is 2.82. The van der Waals surface area contributed by atoms with Gasteiger partial charge in [0.15, 0.2) is 0 Å². The number of pyridine rings is 1. The Bertz CT molecular complexity index is 537. The van der Waals surface area contributed by atoms with Gasteiger partial charge in [-0.25, -0.2) is 9.78 Å². The lowest BCUT2D eigenvalue weighted by atomic mass is 10.1. The first kappa shape index (κ1) is 11.6. The maximum atomic E-state index is 10.6. The van der Waals surface area contributed by atoms with Crippen LogP contribution in [0.2, 0.25) is 5.02 Å². The lowest BCUT2D eigenvalue weighted by Gasteiger charge is -2.04. The van der Waals surface area contributed by atoms with Crippen LogP contribution in [0.5, 0.6) is 0 Å². The summed E-state index contributed by atoms with van der Waals surface area (Å²) in [5, 5.41) is 9.43. The number of nitrogens with zero attached hydrogens (tertiary/aromatic N) is 1. The van der Waals surface area contributed by atoms with Crippen molar-refractivity contribution < 1.29 is 9.90 Å². The largest absolute Gasteiger partial charge is 0.477 e. The summed E-state index contributed by atoms with van der Waals surface area (Å²) < 4.78 is 0. The van der Waals surface area contributed by atoms with Crippen LogP contribution in [0.25, 0.3) is 0 Å². The lowest BCUT2D eigenvalue weighted by molar-refractivity contribution is 0.0690. The molecule has 17 heavy (non-hydrogen) atoms. The number of hydrogen-bond donors (Lipinski definition) is 1. The molecule has 0 bridgehead atoms. The van der Waals surface area contributed by atoms with Gasteiger partial charge in [0, 0.05) is 17.6 Å². The summed E-state index contributed by atoms with van der Waals surface area (Å²) in [7, 11) is 0. The van der Waals surface area contributed by atoms with E-state index in [9.17, 15) is 4.79 Å². The number of aromatic carboxylic acids is 1. The zero-order valence-electron chi connectivity index (χ0n) is 8.93. The Hall–Kier alpha value is -1.87. The first-order chi connectivity index (χ1) is 8.16. The van der Waals surface area contributed by atoms with Crippen molar-refractivity contribution in [1.82, 2.24) is 4.98 Å². The van der Waals surface area contributed by atoms with Crippen molar-refractivity contribution in [3.63, 3.8) is 0 Å². The van der Waals surface area contributed by atoms with E-state index in [0.29, 0.717) is 11.4 Å². The molecule has 4 heteroatoms. The second kappa shape index (κ2) is 4.97. The van der Waals surface area contributed by atoms with Crippen LogP contribution in [0.1, 0.15) is 21.6 Å². The number of carboxylic acids is 1. The fourth-order valence-electron chi connectivity index (χ4n) is 1.52. The van der Waals surface area contributed by atoms with E-state index in [1.54, 1.807) is 12.3 Å². The standard InChI is InChI=1S/C13H10ClNO2/c14-11-4-2-1-3-10(11)7-9-5-6-12(13(16)17)15-8-9/h1-6,8H,7H2,(H,16,17). The second-order valence-electron chi connectivity index (χ2n) is 3.63. The van der Waals surface area contributed by atoms with Crippen molar-refractivity contribution in [2.45, 2.75) is 6.42 Å². The molecule has 1 aromatic carbocycles. The van der Waals surface area contributed by atoms with Crippen molar-refractivity contribution in [1.29, 1.82) is 0 Å². The normalized spacial score (nSPS) is 10.2. The molecule has 1 N–H and O–H groups in total. The van der Waals surface area contributed by atoms with Gasteiger partial charge in [-0.3, -0.25) is 0 Å². The van der Waals surface area contributed by atoms with Gasteiger partial charge in [0.1, 0.15) is 5.69 Å². The molecular weight excluding hydrogens is 238 g/mol. The summed E-state index contributed by atoms with van der Waals surface area (Å²) >= 11 is 6.04. The SMILES string of the molecule is O=C(O)c1ccc(Cc2ccccc2Cl)cn1. The highest BCUT2D eigenvalue weighted by Crippen LogP contribution is 2.18. The van der Waals surface area contributed by atoms with Crippen LogP contribution in [0, 0.1) is 0 Å². The topological polar surface area (TPSA) is 50.2 Å². The van der Waals surface area contributed by atoms with Crippen LogP contribution in [0.15, 0.2) is 42.6 Å². The summed E-state index contributed by atoms with van der Waals surface area (Å²) in [6.45, 7) is 0. The Kier molecular flexibility index (Phi) is 3.40. The summed E-state index contributed by atoms with van der Waals surface area (Å²) in [4.78, 5) is 14.5. The predicted octanol–water partition coefficient (Wildman–Crippen LogP) is 3.02. The molecular formula is C13H10ClNO2. The molecule has 3 nitrogen and oxygen atoms in total. The molecule has 0 saturated carbocycles. The predicted molar refractivity (Wildman–Crippen MR) is 65.5 cm³/mol. The van der Waals surface area contributed by atoms with Crippen molar-refractivity contribution in [3.05, 3.63) is 64.4 Å². The molecule has 2 aromatic rings. The number of hydrogen-bond acceptors (Lipinski definition) is 2. The van der Waals surface area contributed by atoms with Crippen molar-refractivity contribution in [2.75, 3.05) is 0 Å². The van der Waals surface area contributed by atoms with E-state index >= 15 is 0 Å². The molecule has 0 radical (unpaired) electrons. The van der Waals surface area contributed by atoms with Gasteiger partial charge in [-0.05, 0) is 23.3 Å². The Balaban J connectivity index is 2.20. The summed E-state index contributed by atoms with van der Waals surface area (Å²) in [5.74, 6) is -1.02. The molecule has 2 rings (SSSR count). The van der Waals surface area contributed by atoms with E-state index in [4.69, 9.17) is 16.7 Å². The molecule has 0 amide bonds. The van der Waals surface area contributed by atoms with Crippen molar-refractivity contribution in [2.24, 2.45) is 0 Å². The molecule has 1 heterocycles. The molecule has 0 spiro atoms. The number of halogens is 1. The minimum Gasteiger partial charge on any atom is -0.477 e. The van der Waals surface area contributed by atoms with Gasteiger partial charge < -0.3 is 5.11 Å². The molecule has 0 saturated heterocycles. The van der Waals surface area contributed by atoms with E-state index in [-0.39, 0.29) is 5.69 Å². The van der Waals surface area contributed by atoms with E-state index in [1.165, 1.54) is 6.07 Å². The quantitative estimate of drug-likeness (QED) is 0.907. The molecule has 0 atom stereocenters. The molecule has 0 aliphatic carbocycles. The zero-order chi connectivity index (χ0) is 12.3. The van der Waals surface area contributed by atoms with Gasteiger partial charge in [-0.15, -0.1) is 0 Å². The Morgan fingerprint density at radius 3 is 2.59 bits per heavy atom. The van der Waals surface area contributed by atoms with E-state index in [0.717, 1.165) is 11.1 Å². The van der Waals surface area contributed by atoms with Gasteiger partial charge in [0.2, 0.25) is 0 Å². The minimum absolute atomic E-state index is 0.0490. The highest BCUT2D eigenvalue weighted by Gasteiger charge is 2.05. The van der Waals surface area contributed by atoms with Crippen LogP contribution in [0.3, 0.4) is 0 Å². The van der Waals surface area contributed by atoms with Crippen LogP contribution in [0.4, 0.5) is 0 Å². The van der Waals surface area contributed by atoms with Gasteiger partial charge >= 0.3 is 5.97 Å². The summed E-state index contributed by atoms with van der Waals surface area (Å²) in [6, 6.07) is 10.8. The Labute approximate surface area is 104 Å². The van der Waals surface area contributed by atoms with Gasteiger partial charge in [0.25, 0.3) is 0 Å². The van der Waals surface area contributed by atoms with Gasteiger partial charge in [-0.1, -0.05) is 35.9 Å². The number of rotatable bonds is 3. The number of carbonyl (C=O) groups is 1. The van der Waals surface area contributed by atoms with Gasteiger partial charge in [-0.2, -0.15) is 0 Å². The molecule has 0 unspecified atom stereocenters. The highest BCUT2D eigenvalue weighted by atomic mass is 35.5. The first-order valence-corrected chi connectivity index (χ1v) is 5.46. The minimum atomic E-state index is -1.02. The zero-order valence-corrected chi connectivity index (χ0v) is 9.69. The average molecular weight is 248 g/mol. The molecule has 1 aromatic heterocycles. The third-order valence-corrected chi connectivity index (χ3v) is 2.76. The smallest absolute Gasteiger partial charge is 0.354 e. The van der Waals surface area contributed by atoms with Crippen LogP contribution < -0.4 is 0 Å².